The molecule has 1 saturated heterocycles. The second-order valence-corrected chi connectivity index (χ2v) is 9.36. The molecule has 2 atom stereocenters. The van der Waals surface area contributed by atoms with E-state index in [1.807, 2.05) is 24.3 Å². The summed E-state index contributed by atoms with van der Waals surface area (Å²) in [6, 6.07) is 15.8. The van der Waals surface area contributed by atoms with Crippen LogP contribution in [0.15, 0.2) is 48.5 Å². The van der Waals surface area contributed by atoms with Gasteiger partial charge in [-0.15, -0.1) is 0 Å². The van der Waals surface area contributed by atoms with E-state index in [0.29, 0.717) is 13.0 Å². The lowest BCUT2D eigenvalue weighted by atomic mass is 9.98. The molecule has 2 N–H and O–H groups in total. The summed E-state index contributed by atoms with van der Waals surface area (Å²) in [5, 5.41) is 13.2. The zero-order valence-electron chi connectivity index (χ0n) is 18.7. The Kier molecular flexibility index (Phi) is 6.11. The molecule has 2 unspecified atom stereocenters. The van der Waals surface area contributed by atoms with Crippen LogP contribution in [0.1, 0.15) is 44.2 Å². The molecule has 4 rings (SSSR count). The molecule has 0 radical (unpaired) electrons. The number of nitrogens with one attached hydrogen (secondary N) is 1. The summed E-state index contributed by atoms with van der Waals surface area (Å²) in [4.78, 5) is 26.2. The van der Waals surface area contributed by atoms with Gasteiger partial charge in [-0.3, -0.25) is 0 Å². The van der Waals surface area contributed by atoms with Crippen LogP contribution in [-0.2, 0) is 9.47 Å². The number of alkyl carbamates (subject to hydrolysis) is 1. The fourth-order valence-corrected chi connectivity index (χ4v) is 4.38. The van der Waals surface area contributed by atoms with E-state index in [2.05, 4.69) is 29.6 Å². The number of ether oxygens (including phenoxy) is 2. The number of aliphatic hydroxyl groups excluding tert-OH is 1. The first-order valence-corrected chi connectivity index (χ1v) is 11.0. The maximum atomic E-state index is 12.5. The van der Waals surface area contributed by atoms with Crippen molar-refractivity contribution in [3.05, 3.63) is 59.7 Å². The van der Waals surface area contributed by atoms with Crippen molar-refractivity contribution in [3.63, 3.8) is 0 Å². The second-order valence-electron chi connectivity index (χ2n) is 9.36. The maximum absolute atomic E-state index is 12.5. The number of β-amino-alcohol motifs (C(OH)–C–C–N with tert-alkyl or cyclic N) is 1. The first kappa shape index (κ1) is 22.1. The van der Waals surface area contributed by atoms with Crippen molar-refractivity contribution in [2.24, 2.45) is 0 Å². The third-order valence-corrected chi connectivity index (χ3v) is 5.88. The van der Waals surface area contributed by atoms with Crippen LogP contribution < -0.4 is 5.32 Å². The molecule has 7 heteroatoms. The average Bonchev–Trinajstić information content (AvgIpc) is 3.06. The Morgan fingerprint density at radius 2 is 1.66 bits per heavy atom. The fourth-order valence-electron chi connectivity index (χ4n) is 4.38. The van der Waals surface area contributed by atoms with Gasteiger partial charge in [0, 0.05) is 12.5 Å². The molecule has 2 aliphatic rings. The summed E-state index contributed by atoms with van der Waals surface area (Å²) in [6.45, 7) is 6.10. The zero-order valence-corrected chi connectivity index (χ0v) is 18.7. The van der Waals surface area contributed by atoms with Crippen LogP contribution in [0.25, 0.3) is 11.1 Å². The number of hydrogen-bond donors (Lipinski definition) is 2. The lowest BCUT2D eigenvalue weighted by Gasteiger charge is -2.36. The van der Waals surface area contributed by atoms with Crippen LogP contribution in [0.3, 0.4) is 0 Å². The Labute approximate surface area is 188 Å². The van der Waals surface area contributed by atoms with Gasteiger partial charge in [0.1, 0.15) is 12.2 Å². The lowest BCUT2D eigenvalue weighted by Crippen LogP contribution is -2.56. The van der Waals surface area contributed by atoms with Gasteiger partial charge in [-0.1, -0.05) is 48.5 Å². The van der Waals surface area contributed by atoms with Crippen LogP contribution in [-0.4, -0.2) is 59.6 Å². The minimum atomic E-state index is -0.892. The molecule has 1 fully saturated rings. The highest BCUT2D eigenvalue weighted by atomic mass is 16.6. The number of likely N-dealkylation sites (tertiary alicyclic amines) is 1. The first-order valence-electron chi connectivity index (χ1n) is 11.0. The van der Waals surface area contributed by atoms with E-state index in [9.17, 15) is 14.7 Å². The molecule has 170 valence electrons. The summed E-state index contributed by atoms with van der Waals surface area (Å²) in [5.74, 6) is -0.0212. The molecular weight excluding hydrogens is 408 g/mol. The van der Waals surface area contributed by atoms with Crippen molar-refractivity contribution in [2.45, 2.75) is 50.9 Å². The molecule has 7 nitrogen and oxygen atoms in total. The molecule has 0 bridgehead atoms. The van der Waals surface area contributed by atoms with E-state index in [-0.39, 0.29) is 19.1 Å². The minimum absolute atomic E-state index is 0.0212. The number of piperidine rings is 1. The highest BCUT2D eigenvalue weighted by Crippen LogP contribution is 2.44. The SMILES string of the molecule is CC(C)(C)OC(=O)N1CCC(NC(=O)OCC2c3ccccc3-c3ccccc32)C(O)C1. The number of nitrogens with zero attached hydrogens (tertiary/aromatic N) is 1. The first-order chi connectivity index (χ1) is 15.2. The van der Waals surface area contributed by atoms with Gasteiger partial charge in [0.2, 0.25) is 0 Å². The maximum Gasteiger partial charge on any atom is 0.410 e. The zero-order chi connectivity index (χ0) is 22.9. The molecule has 1 heterocycles. The number of amides is 2. The summed E-state index contributed by atoms with van der Waals surface area (Å²) >= 11 is 0. The Bertz CT molecular complexity index is 954. The number of fused-ring (bicyclic) bond motifs is 3. The molecule has 1 aliphatic heterocycles. The summed E-state index contributed by atoms with van der Waals surface area (Å²) in [5.41, 5.74) is 4.03. The molecule has 0 aromatic heterocycles. The summed E-state index contributed by atoms with van der Waals surface area (Å²) < 4.78 is 10.9. The van der Waals surface area contributed by atoms with Crippen LogP contribution in [0.5, 0.6) is 0 Å². The Balaban J connectivity index is 1.32. The standard InChI is InChI=1S/C25H30N2O5/c1-25(2,3)32-24(30)27-13-12-21(22(28)14-27)26-23(29)31-15-20-18-10-6-4-8-16(18)17-9-5-7-11-19(17)20/h4-11,20-22,28H,12-15H2,1-3H3,(H,26,29). The second kappa shape index (κ2) is 8.82. The number of aliphatic hydroxyl groups is 1. The monoisotopic (exact) mass is 438 g/mol. The van der Waals surface area contributed by atoms with E-state index in [4.69, 9.17) is 9.47 Å². The van der Waals surface area contributed by atoms with Gasteiger partial charge in [0.25, 0.3) is 0 Å². The van der Waals surface area contributed by atoms with E-state index < -0.39 is 29.9 Å². The van der Waals surface area contributed by atoms with Gasteiger partial charge in [0.15, 0.2) is 0 Å². The number of carbonyl (C=O) groups is 2. The van der Waals surface area contributed by atoms with Crippen molar-refractivity contribution in [1.29, 1.82) is 0 Å². The predicted octanol–water partition coefficient (Wildman–Crippen LogP) is 3.90. The molecule has 1 aliphatic carbocycles. The molecule has 2 aromatic carbocycles. The number of rotatable bonds is 3. The van der Waals surface area contributed by atoms with Gasteiger partial charge < -0.3 is 24.8 Å². The Morgan fingerprint density at radius 3 is 2.22 bits per heavy atom. The number of hydrogen-bond acceptors (Lipinski definition) is 5. The van der Waals surface area contributed by atoms with Gasteiger partial charge in [-0.25, -0.2) is 9.59 Å². The quantitative estimate of drug-likeness (QED) is 0.759. The topological polar surface area (TPSA) is 88.1 Å². The van der Waals surface area contributed by atoms with Gasteiger partial charge in [-0.05, 0) is 49.4 Å². The van der Waals surface area contributed by atoms with E-state index in [0.717, 1.165) is 11.1 Å². The normalized spacial score (nSPS) is 20.3. The van der Waals surface area contributed by atoms with Gasteiger partial charge >= 0.3 is 12.2 Å². The lowest BCUT2D eigenvalue weighted by molar-refractivity contribution is -0.00466. The van der Waals surface area contributed by atoms with E-state index >= 15 is 0 Å². The van der Waals surface area contributed by atoms with Crippen molar-refractivity contribution < 1.29 is 24.2 Å². The fraction of sp³-hybridized carbons (Fsp3) is 0.440. The largest absolute Gasteiger partial charge is 0.449 e. The predicted molar refractivity (Wildman–Crippen MR) is 120 cm³/mol. The number of carbonyl (C=O) groups excluding carboxylic acids is 2. The molecule has 32 heavy (non-hydrogen) atoms. The third-order valence-electron chi connectivity index (χ3n) is 5.88. The Morgan fingerprint density at radius 1 is 1.06 bits per heavy atom. The molecule has 0 saturated carbocycles. The number of benzene rings is 2. The Hall–Kier alpha value is -3.06. The molecule has 2 amide bonds. The van der Waals surface area contributed by atoms with Crippen LogP contribution >= 0.6 is 0 Å². The van der Waals surface area contributed by atoms with Crippen molar-refractivity contribution in [1.82, 2.24) is 10.2 Å². The summed E-state index contributed by atoms with van der Waals surface area (Å²) in [6.07, 6.45) is -1.50. The van der Waals surface area contributed by atoms with Crippen molar-refractivity contribution in [2.75, 3.05) is 19.7 Å². The molecule has 2 aromatic rings. The highest BCUT2D eigenvalue weighted by molar-refractivity contribution is 5.79. The molecular formula is C25H30N2O5. The van der Waals surface area contributed by atoms with E-state index in [1.54, 1.807) is 20.8 Å². The minimum Gasteiger partial charge on any atom is -0.449 e. The van der Waals surface area contributed by atoms with E-state index in [1.165, 1.54) is 16.0 Å². The smallest absolute Gasteiger partial charge is 0.410 e. The third kappa shape index (κ3) is 4.72. The molecule has 0 spiro atoms. The highest BCUT2D eigenvalue weighted by Gasteiger charge is 2.34. The van der Waals surface area contributed by atoms with Crippen LogP contribution in [0.4, 0.5) is 9.59 Å². The summed E-state index contributed by atoms with van der Waals surface area (Å²) in [7, 11) is 0. The van der Waals surface area contributed by atoms with Crippen molar-refractivity contribution in [3.8, 4) is 11.1 Å². The van der Waals surface area contributed by atoms with Gasteiger partial charge in [-0.2, -0.15) is 0 Å². The van der Waals surface area contributed by atoms with Crippen LogP contribution in [0.2, 0.25) is 0 Å². The average molecular weight is 439 g/mol. The van der Waals surface area contributed by atoms with Crippen molar-refractivity contribution >= 4 is 12.2 Å². The van der Waals surface area contributed by atoms with Gasteiger partial charge in [0.05, 0.1) is 18.7 Å². The van der Waals surface area contributed by atoms with Crippen LogP contribution in [0, 0.1) is 0 Å².